The highest BCUT2D eigenvalue weighted by Crippen LogP contribution is 2.27. The lowest BCUT2D eigenvalue weighted by atomic mass is 10.2. The van der Waals surface area contributed by atoms with Crippen LogP contribution in [0.3, 0.4) is 0 Å². The van der Waals surface area contributed by atoms with E-state index in [9.17, 15) is 13.6 Å². The van der Waals surface area contributed by atoms with E-state index in [0.29, 0.717) is 33.6 Å². The second kappa shape index (κ2) is 11.2. The number of benzene rings is 2. The highest BCUT2D eigenvalue weighted by molar-refractivity contribution is 9.10. The molecule has 0 fully saturated rings. The summed E-state index contributed by atoms with van der Waals surface area (Å²) >= 11 is 9.45. The van der Waals surface area contributed by atoms with Crippen LogP contribution >= 0.6 is 27.5 Å². The molecule has 0 radical (unpaired) electrons. The van der Waals surface area contributed by atoms with E-state index in [1.54, 1.807) is 36.4 Å². The standard InChI is InChI=1S/C22H19BrClF2N3O3/c1-2-11-29(13-19-27-28-21(32-19)16-5-3-4-6-17(16)24)20(30)10-7-14-12-15(23)8-9-18(14)31-22(25)26/h3-10,12,22H,2,11,13H2,1H3. The van der Waals surface area contributed by atoms with E-state index in [2.05, 4.69) is 30.9 Å². The number of aromatic nitrogens is 2. The van der Waals surface area contributed by atoms with E-state index >= 15 is 0 Å². The first-order valence-corrected chi connectivity index (χ1v) is 10.8. The van der Waals surface area contributed by atoms with Crippen LogP contribution in [0.15, 0.2) is 57.4 Å². The normalized spacial score (nSPS) is 11.3. The molecule has 3 rings (SSSR count). The first kappa shape index (κ1) is 23.9. The molecule has 0 saturated carbocycles. The SMILES string of the molecule is CCCN(Cc1nnc(-c2ccccc2Cl)o1)C(=O)C=Cc1cc(Br)ccc1OC(F)F. The number of carbonyl (C=O) groups excluding carboxylic acids is 1. The van der Waals surface area contributed by atoms with Gasteiger partial charge in [-0.1, -0.05) is 46.6 Å². The molecule has 6 nitrogen and oxygen atoms in total. The van der Waals surface area contributed by atoms with Crippen LogP contribution < -0.4 is 4.74 Å². The van der Waals surface area contributed by atoms with Crippen LogP contribution in [0.4, 0.5) is 8.78 Å². The minimum Gasteiger partial charge on any atom is -0.434 e. The van der Waals surface area contributed by atoms with Crippen molar-refractivity contribution >= 4 is 39.5 Å². The first-order valence-electron chi connectivity index (χ1n) is 9.66. The summed E-state index contributed by atoms with van der Waals surface area (Å²) in [4.78, 5) is 14.3. The van der Waals surface area contributed by atoms with Gasteiger partial charge in [0, 0.05) is 22.7 Å². The third-order valence-corrected chi connectivity index (χ3v) is 5.12. The maximum absolute atomic E-state index is 12.8. The lowest BCUT2D eigenvalue weighted by molar-refractivity contribution is -0.126. The van der Waals surface area contributed by atoms with Crippen molar-refractivity contribution in [2.75, 3.05) is 6.54 Å². The molecule has 0 N–H and O–H groups in total. The van der Waals surface area contributed by atoms with E-state index in [4.69, 9.17) is 16.0 Å². The summed E-state index contributed by atoms with van der Waals surface area (Å²) < 4.78 is 36.2. The van der Waals surface area contributed by atoms with Gasteiger partial charge in [0.05, 0.1) is 17.1 Å². The molecule has 0 bridgehead atoms. The van der Waals surface area contributed by atoms with Gasteiger partial charge >= 0.3 is 6.61 Å². The molecule has 3 aromatic rings. The minimum absolute atomic E-state index is 0.0319. The van der Waals surface area contributed by atoms with E-state index in [1.165, 1.54) is 23.1 Å². The van der Waals surface area contributed by atoms with Crippen LogP contribution in [0, 0.1) is 0 Å². The van der Waals surface area contributed by atoms with Gasteiger partial charge in [0.25, 0.3) is 0 Å². The third kappa shape index (κ3) is 6.37. The third-order valence-electron chi connectivity index (χ3n) is 4.30. The zero-order valence-corrected chi connectivity index (χ0v) is 19.3. The average Bonchev–Trinajstić information content (AvgIpc) is 3.21. The molecule has 1 heterocycles. The number of ether oxygens (including phenoxy) is 1. The number of alkyl halides is 2. The Labute approximate surface area is 197 Å². The molecule has 0 atom stereocenters. The van der Waals surface area contributed by atoms with Crippen molar-refractivity contribution < 1.29 is 22.7 Å². The van der Waals surface area contributed by atoms with Gasteiger partial charge in [0.15, 0.2) is 0 Å². The van der Waals surface area contributed by atoms with Crippen molar-refractivity contribution in [1.82, 2.24) is 15.1 Å². The number of amides is 1. The van der Waals surface area contributed by atoms with Crippen molar-refractivity contribution in [1.29, 1.82) is 0 Å². The second-order valence-electron chi connectivity index (χ2n) is 6.63. The first-order chi connectivity index (χ1) is 15.4. The predicted molar refractivity (Wildman–Crippen MR) is 120 cm³/mol. The zero-order chi connectivity index (χ0) is 23.1. The molecule has 1 amide bonds. The van der Waals surface area contributed by atoms with E-state index in [-0.39, 0.29) is 30.0 Å². The smallest absolute Gasteiger partial charge is 0.387 e. The van der Waals surface area contributed by atoms with Gasteiger partial charge < -0.3 is 14.1 Å². The molecule has 0 aliphatic carbocycles. The van der Waals surface area contributed by atoms with E-state index < -0.39 is 6.61 Å². The van der Waals surface area contributed by atoms with Gasteiger partial charge in [0.1, 0.15) is 5.75 Å². The maximum Gasteiger partial charge on any atom is 0.387 e. The number of halogens is 4. The zero-order valence-electron chi connectivity index (χ0n) is 17.0. The Morgan fingerprint density at radius 3 is 2.78 bits per heavy atom. The fraction of sp³-hybridized carbons (Fsp3) is 0.227. The molecule has 168 valence electrons. The Bertz CT molecular complexity index is 1110. The topological polar surface area (TPSA) is 68.5 Å². The lowest BCUT2D eigenvalue weighted by Crippen LogP contribution is -2.29. The van der Waals surface area contributed by atoms with Crippen molar-refractivity contribution in [2.24, 2.45) is 0 Å². The number of hydrogen-bond acceptors (Lipinski definition) is 5. The van der Waals surface area contributed by atoms with Crippen LogP contribution in [-0.4, -0.2) is 34.2 Å². The Kier molecular flexibility index (Phi) is 8.35. The summed E-state index contributed by atoms with van der Waals surface area (Å²) in [5.74, 6) is 0.134. The fourth-order valence-corrected chi connectivity index (χ4v) is 3.48. The van der Waals surface area contributed by atoms with Gasteiger partial charge in [0.2, 0.25) is 17.7 Å². The summed E-state index contributed by atoms with van der Waals surface area (Å²) in [7, 11) is 0. The maximum atomic E-state index is 12.8. The number of rotatable bonds is 9. The number of nitrogens with zero attached hydrogens (tertiary/aromatic N) is 3. The molecule has 32 heavy (non-hydrogen) atoms. The number of hydrogen-bond donors (Lipinski definition) is 0. The summed E-state index contributed by atoms with van der Waals surface area (Å²) in [5, 5.41) is 8.50. The van der Waals surface area contributed by atoms with Gasteiger partial charge in [-0.15, -0.1) is 10.2 Å². The Morgan fingerprint density at radius 1 is 1.28 bits per heavy atom. The molecule has 2 aromatic carbocycles. The predicted octanol–water partition coefficient (Wildman–Crippen LogP) is 6.21. The van der Waals surface area contributed by atoms with Crippen molar-refractivity contribution in [3.63, 3.8) is 0 Å². The molecule has 0 unspecified atom stereocenters. The lowest BCUT2D eigenvalue weighted by Gasteiger charge is -2.18. The molecule has 0 spiro atoms. The molecule has 0 saturated heterocycles. The molecular weight excluding hydrogens is 508 g/mol. The van der Waals surface area contributed by atoms with E-state index in [1.807, 2.05) is 6.92 Å². The van der Waals surface area contributed by atoms with Crippen LogP contribution in [0.1, 0.15) is 24.8 Å². The van der Waals surface area contributed by atoms with Crippen molar-refractivity contribution in [3.05, 3.63) is 69.5 Å². The van der Waals surface area contributed by atoms with Gasteiger partial charge in [-0.2, -0.15) is 8.78 Å². The molecular formula is C22H19BrClF2N3O3. The van der Waals surface area contributed by atoms with Crippen LogP contribution in [-0.2, 0) is 11.3 Å². The Hall–Kier alpha value is -2.78. The van der Waals surface area contributed by atoms with Gasteiger partial charge in [-0.3, -0.25) is 4.79 Å². The second-order valence-corrected chi connectivity index (χ2v) is 7.96. The van der Waals surface area contributed by atoms with Crippen LogP contribution in [0.5, 0.6) is 5.75 Å². The van der Waals surface area contributed by atoms with Gasteiger partial charge in [-0.25, -0.2) is 0 Å². The summed E-state index contributed by atoms with van der Waals surface area (Å²) in [6, 6.07) is 11.6. The van der Waals surface area contributed by atoms with Crippen LogP contribution in [0.2, 0.25) is 5.02 Å². The number of carbonyl (C=O) groups is 1. The molecule has 0 aliphatic heterocycles. The molecule has 10 heteroatoms. The Balaban J connectivity index is 1.76. The largest absolute Gasteiger partial charge is 0.434 e. The molecule has 0 aliphatic rings. The van der Waals surface area contributed by atoms with E-state index in [0.717, 1.165) is 0 Å². The van der Waals surface area contributed by atoms with Crippen LogP contribution in [0.25, 0.3) is 17.5 Å². The summed E-state index contributed by atoms with van der Waals surface area (Å²) in [6.45, 7) is -0.518. The fourth-order valence-electron chi connectivity index (χ4n) is 2.88. The minimum atomic E-state index is -2.97. The Morgan fingerprint density at radius 2 is 2.06 bits per heavy atom. The monoisotopic (exact) mass is 525 g/mol. The quantitative estimate of drug-likeness (QED) is 0.310. The summed E-state index contributed by atoms with van der Waals surface area (Å²) in [5.41, 5.74) is 0.936. The highest BCUT2D eigenvalue weighted by Gasteiger charge is 2.17. The van der Waals surface area contributed by atoms with Crippen molar-refractivity contribution in [3.8, 4) is 17.2 Å². The van der Waals surface area contributed by atoms with Gasteiger partial charge in [-0.05, 0) is 42.8 Å². The average molecular weight is 527 g/mol. The molecule has 1 aromatic heterocycles. The highest BCUT2D eigenvalue weighted by atomic mass is 79.9. The summed E-state index contributed by atoms with van der Waals surface area (Å²) in [6.07, 6.45) is 3.42. The van der Waals surface area contributed by atoms with Crippen molar-refractivity contribution in [2.45, 2.75) is 26.5 Å².